The van der Waals surface area contributed by atoms with Crippen molar-refractivity contribution in [2.75, 3.05) is 7.11 Å². The molecule has 0 atom stereocenters. The minimum atomic E-state index is -1.71. The van der Waals surface area contributed by atoms with Crippen LogP contribution in [0.15, 0.2) is 28.7 Å². The molecule has 100 valence electrons. The molecule has 0 fully saturated rings. The zero-order chi connectivity index (χ0) is 13.9. The zero-order valence-corrected chi connectivity index (χ0v) is 12.1. The predicted octanol–water partition coefficient (Wildman–Crippen LogP) is 4.08. The Hall–Kier alpha value is -1.23. The highest BCUT2D eigenvalue weighted by Crippen LogP contribution is 2.37. The SMILES string of the molecule is COc1ccc(/C=C/c2nnc(C(Cl)(Cl)Cl)o2)cc1. The Labute approximate surface area is 124 Å². The van der Waals surface area contributed by atoms with Gasteiger partial charge in [0.05, 0.1) is 7.11 Å². The Kier molecular flexibility index (Phi) is 4.34. The summed E-state index contributed by atoms with van der Waals surface area (Å²) >= 11 is 16.9. The molecular weight excluding hydrogens is 311 g/mol. The molecule has 1 aromatic heterocycles. The van der Waals surface area contributed by atoms with E-state index in [4.69, 9.17) is 44.0 Å². The molecule has 0 saturated carbocycles. The summed E-state index contributed by atoms with van der Waals surface area (Å²) in [5, 5.41) is 7.39. The second kappa shape index (κ2) is 5.82. The Morgan fingerprint density at radius 2 is 1.79 bits per heavy atom. The van der Waals surface area contributed by atoms with E-state index in [-0.39, 0.29) is 11.8 Å². The van der Waals surface area contributed by atoms with Gasteiger partial charge in [-0.25, -0.2) is 0 Å². The number of halogens is 3. The molecule has 0 unspecified atom stereocenters. The molecule has 0 saturated heterocycles. The van der Waals surface area contributed by atoms with E-state index in [1.807, 2.05) is 24.3 Å². The molecule has 0 radical (unpaired) electrons. The van der Waals surface area contributed by atoms with Crippen molar-refractivity contribution in [2.24, 2.45) is 0 Å². The molecule has 0 aliphatic rings. The smallest absolute Gasteiger partial charge is 0.268 e. The van der Waals surface area contributed by atoms with Gasteiger partial charge in [0.2, 0.25) is 5.89 Å². The minimum absolute atomic E-state index is 0.0631. The average molecular weight is 320 g/mol. The number of nitrogens with zero attached hydrogens (tertiary/aromatic N) is 2. The number of rotatable bonds is 3. The largest absolute Gasteiger partial charge is 0.497 e. The van der Waals surface area contributed by atoms with Crippen molar-refractivity contribution in [2.45, 2.75) is 3.79 Å². The normalized spacial score (nSPS) is 12.0. The number of hydrogen-bond acceptors (Lipinski definition) is 4. The highest BCUT2D eigenvalue weighted by Gasteiger charge is 2.29. The van der Waals surface area contributed by atoms with Gasteiger partial charge in [0.1, 0.15) is 5.75 Å². The maximum absolute atomic E-state index is 5.62. The van der Waals surface area contributed by atoms with Crippen molar-refractivity contribution in [3.63, 3.8) is 0 Å². The van der Waals surface area contributed by atoms with Crippen LogP contribution in [0.25, 0.3) is 12.2 Å². The summed E-state index contributed by atoms with van der Waals surface area (Å²) < 4.78 is 8.54. The summed E-state index contributed by atoms with van der Waals surface area (Å²) in [7, 11) is 1.61. The lowest BCUT2D eigenvalue weighted by molar-refractivity contribution is 0.415. The second-order valence-corrected chi connectivity index (χ2v) is 5.83. The van der Waals surface area contributed by atoms with E-state index in [9.17, 15) is 0 Å². The van der Waals surface area contributed by atoms with Crippen LogP contribution >= 0.6 is 34.8 Å². The number of alkyl halides is 3. The Bertz CT molecular complexity index is 573. The van der Waals surface area contributed by atoms with Crippen molar-refractivity contribution < 1.29 is 9.15 Å². The quantitative estimate of drug-likeness (QED) is 0.800. The van der Waals surface area contributed by atoms with Gasteiger partial charge in [-0.2, -0.15) is 0 Å². The molecule has 0 N–H and O–H groups in total. The van der Waals surface area contributed by atoms with Crippen molar-refractivity contribution in [3.8, 4) is 5.75 Å². The lowest BCUT2D eigenvalue weighted by atomic mass is 10.2. The molecule has 1 heterocycles. The maximum Gasteiger partial charge on any atom is 0.268 e. The first kappa shape index (κ1) is 14.2. The Balaban J connectivity index is 2.11. The van der Waals surface area contributed by atoms with Crippen molar-refractivity contribution in [1.82, 2.24) is 10.2 Å². The van der Waals surface area contributed by atoms with Crippen LogP contribution in [0.2, 0.25) is 0 Å². The first-order chi connectivity index (χ1) is 8.99. The number of benzene rings is 1. The third-order valence-electron chi connectivity index (χ3n) is 2.22. The van der Waals surface area contributed by atoms with Crippen LogP contribution < -0.4 is 4.74 Å². The van der Waals surface area contributed by atoms with Crippen LogP contribution in [-0.2, 0) is 3.79 Å². The Morgan fingerprint density at radius 1 is 1.11 bits per heavy atom. The fourth-order valence-corrected chi connectivity index (χ4v) is 1.53. The van der Waals surface area contributed by atoms with Crippen LogP contribution in [0.3, 0.4) is 0 Å². The standard InChI is InChI=1S/C12H9Cl3N2O2/c1-18-9-5-2-8(3-6-9)4-7-10-16-17-11(19-10)12(13,14)15/h2-7H,1H3/b7-4+. The third kappa shape index (κ3) is 3.86. The zero-order valence-electron chi connectivity index (χ0n) is 9.81. The van der Waals surface area contributed by atoms with E-state index in [2.05, 4.69) is 10.2 Å². The molecule has 19 heavy (non-hydrogen) atoms. The summed E-state index contributed by atoms with van der Waals surface area (Å²) in [5.74, 6) is 0.984. The van der Waals surface area contributed by atoms with Gasteiger partial charge < -0.3 is 9.15 Å². The fourth-order valence-electron chi connectivity index (χ4n) is 1.30. The van der Waals surface area contributed by atoms with E-state index in [0.717, 1.165) is 11.3 Å². The van der Waals surface area contributed by atoms with Crippen molar-refractivity contribution >= 4 is 47.0 Å². The highest BCUT2D eigenvalue weighted by atomic mass is 35.6. The first-order valence-corrected chi connectivity index (χ1v) is 6.35. The van der Waals surface area contributed by atoms with Gasteiger partial charge in [-0.15, -0.1) is 10.2 Å². The average Bonchev–Trinajstić information content (AvgIpc) is 2.86. The van der Waals surface area contributed by atoms with Crippen LogP contribution in [0.4, 0.5) is 0 Å². The molecule has 7 heteroatoms. The topological polar surface area (TPSA) is 48.2 Å². The number of hydrogen-bond donors (Lipinski definition) is 0. The molecule has 0 aliphatic heterocycles. The van der Waals surface area contributed by atoms with Gasteiger partial charge in [-0.1, -0.05) is 46.9 Å². The number of aromatic nitrogens is 2. The van der Waals surface area contributed by atoms with Crippen LogP contribution in [0.5, 0.6) is 5.75 Å². The molecular formula is C12H9Cl3N2O2. The molecule has 0 amide bonds. The molecule has 0 bridgehead atoms. The van der Waals surface area contributed by atoms with Gasteiger partial charge in [0, 0.05) is 6.08 Å². The summed E-state index contributed by atoms with van der Waals surface area (Å²) in [6.45, 7) is 0. The maximum atomic E-state index is 5.62. The predicted molar refractivity (Wildman–Crippen MR) is 75.5 cm³/mol. The Morgan fingerprint density at radius 3 is 2.32 bits per heavy atom. The van der Waals surface area contributed by atoms with Gasteiger partial charge in [0.25, 0.3) is 9.68 Å². The highest BCUT2D eigenvalue weighted by molar-refractivity contribution is 6.66. The van der Waals surface area contributed by atoms with Gasteiger partial charge in [-0.3, -0.25) is 0 Å². The molecule has 1 aromatic carbocycles. The molecule has 2 rings (SSSR count). The summed E-state index contributed by atoms with van der Waals surface area (Å²) in [6, 6.07) is 7.48. The fraction of sp³-hybridized carbons (Fsp3) is 0.167. The molecule has 0 aliphatic carbocycles. The van der Waals surface area contributed by atoms with Crippen LogP contribution in [0, 0.1) is 0 Å². The van der Waals surface area contributed by atoms with E-state index < -0.39 is 3.79 Å². The van der Waals surface area contributed by atoms with Crippen molar-refractivity contribution in [3.05, 3.63) is 41.6 Å². The summed E-state index contributed by atoms with van der Waals surface area (Å²) in [5.41, 5.74) is 0.953. The number of methoxy groups -OCH3 is 1. The monoisotopic (exact) mass is 318 g/mol. The van der Waals surface area contributed by atoms with E-state index >= 15 is 0 Å². The second-order valence-electron chi connectivity index (χ2n) is 3.55. The lowest BCUT2D eigenvalue weighted by Crippen LogP contribution is -1.99. The van der Waals surface area contributed by atoms with Gasteiger partial charge >= 0.3 is 0 Å². The summed E-state index contributed by atoms with van der Waals surface area (Å²) in [4.78, 5) is 0. The van der Waals surface area contributed by atoms with Crippen LogP contribution in [0.1, 0.15) is 17.3 Å². The minimum Gasteiger partial charge on any atom is -0.497 e. The molecule has 0 spiro atoms. The van der Waals surface area contributed by atoms with Gasteiger partial charge in [-0.05, 0) is 23.8 Å². The van der Waals surface area contributed by atoms with E-state index in [1.54, 1.807) is 19.3 Å². The lowest BCUT2D eigenvalue weighted by Gasteiger charge is -2.01. The van der Waals surface area contributed by atoms with Crippen molar-refractivity contribution in [1.29, 1.82) is 0 Å². The first-order valence-electron chi connectivity index (χ1n) is 5.22. The third-order valence-corrected chi connectivity index (χ3v) is 2.70. The molecule has 2 aromatic rings. The molecule has 4 nitrogen and oxygen atoms in total. The summed E-state index contributed by atoms with van der Waals surface area (Å²) in [6.07, 6.45) is 3.43. The number of ether oxygens (including phenoxy) is 1. The van der Waals surface area contributed by atoms with Gasteiger partial charge in [0.15, 0.2) is 0 Å². The van der Waals surface area contributed by atoms with Crippen LogP contribution in [-0.4, -0.2) is 17.3 Å². The van der Waals surface area contributed by atoms with E-state index in [1.165, 1.54) is 0 Å². The van der Waals surface area contributed by atoms with E-state index in [0.29, 0.717) is 0 Å².